The normalized spacial score (nSPS) is 25.7. The Morgan fingerprint density at radius 1 is 1.07 bits per heavy atom. The molecule has 144 valence electrons. The number of amides is 1. The van der Waals surface area contributed by atoms with Crippen molar-refractivity contribution >= 4 is 24.0 Å². The van der Waals surface area contributed by atoms with E-state index in [0.717, 1.165) is 25.2 Å². The maximum atomic E-state index is 13.3. The molecule has 0 saturated carbocycles. The number of hydrogen-bond donors (Lipinski definition) is 1. The second-order valence-corrected chi connectivity index (χ2v) is 7.70. The molecule has 2 aliphatic rings. The van der Waals surface area contributed by atoms with Gasteiger partial charge in [-0.15, -0.1) is 12.4 Å². The second-order valence-electron chi connectivity index (χ2n) is 7.70. The predicted octanol–water partition coefficient (Wildman–Crippen LogP) is 3.20. The second kappa shape index (κ2) is 8.01. The SMILES string of the molecule is CC(C(=O)N1c2ccccc2CC1C)N1C[C@@H](N)[C@H](c2ccccc2)C1.Cl. The van der Waals surface area contributed by atoms with Crippen LogP contribution in [-0.2, 0) is 11.2 Å². The van der Waals surface area contributed by atoms with Crippen LogP contribution >= 0.6 is 12.4 Å². The maximum absolute atomic E-state index is 13.3. The Morgan fingerprint density at radius 3 is 2.48 bits per heavy atom. The van der Waals surface area contributed by atoms with Gasteiger partial charge in [0.2, 0.25) is 5.91 Å². The topological polar surface area (TPSA) is 49.6 Å². The minimum Gasteiger partial charge on any atom is -0.326 e. The quantitative estimate of drug-likeness (QED) is 0.882. The summed E-state index contributed by atoms with van der Waals surface area (Å²) in [6.07, 6.45) is 0.931. The number of carbonyl (C=O) groups excluding carboxylic acids is 1. The van der Waals surface area contributed by atoms with E-state index >= 15 is 0 Å². The lowest BCUT2D eigenvalue weighted by Gasteiger charge is -2.30. The molecule has 2 unspecified atom stereocenters. The third-order valence-corrected chi connectivity index (χ3v) is 5.97. The van der Waals surface area contributed by atoms with Crippen molar-refractivity contribution in [3.63, 3.8) is 0 Å². The van der Waals surface area contributed by atoms with Gasteiger partial charge in [-0.1, -0.05) is 48.5 Å². The molecule has 0 aliphatic carbocycles. The first-order valence-corrected chi connectivity index (χ1v) is 9.52. The lowest BCUT2D eigenvalue weighted by atomic mass is 9.95. The monoisotopic (exact) mass is 385 g/mol. The molecular weight excluding hydrogens is 358 g/mol. The highest BCUT2D eigenvalue weighted by Gasteiger charge is 2.39. The van der Waals surface area contributed by atoms with Crippen LogP contribution in [0.1, 0.15) is 30.9 Å². The Labute approximate surface area is 167 Å². The number of nitrogens with two attached hydrogens (primary N) is 1. The molecule has 1 fully saturated rings. The van der Waals surface area contributed by atoms with Gasteiger partial charge in [0.25, 0.3) is 0 Å². The molecule has 2 heterocycles. The Morgan fingerprint density at radius 2 is 1.74 bits per heavy atom. The number of nitrogens with zero attached hydrogens (tertiary/aromatic N) is 2. The first kappa shape index (κ1) is 19.9. The van der Waals surface area contributed by atoms with E-state index in [1.165, 1.54) is 11.1 Å². The Hall–Kier alpha value is -1.88. The van der Waals surface area contributed by atoms with Crippen LogP contribution in [0.2, 0.25) is 0 Å². The molecule has 1 saturated heterocycles. The number of hydrogen-bond acceptors (Lipinski definition) is 3. The minimum atomic E-state index is -0.164. The molecule has 0 radical (unpaired) electrons. The Bertz CT molecular complexity index is 797. The fourth-order valence-corrected chi connectivity index (χ4v) is 4.49. The molecule has 0 bridgehead atoms. The van der Waals surface area contributed by atoms with Gasteiger partial charge in [-0.2, -0.15) is 0 Å². The van der Waals surface area contributed by atoms with Crippen LogP contribution in [0.15, 0.2) is 54.6 Å². The number of benzene rings is 2. The number of likely N-dealkylation sites (tertiary alicyclic amines) is 1. The van der Waals surface area contributed by atoms with Gasteiger partial charge in [0.15, 0.2) is 0 Å². The van der Waals surface area contributed by atoms with Crippen molar-refractivity contribution in [3.8, 4) is 0 Å². The zero-order valence-corrected chi connectivity index (χ0v) is 16.7. The smallest absolute Gasteiger partial charge is 0.244 e. The zero-order chi connectivity index (χ0) is 18.3. The minimum absolute atomic E-state index is 0. The van der Waals surface area contributed by atoms with E-state index in [1.54, 1.807) is 0 Å². The highest BCUT2D eigenvalue weighted by Crippen LogP contribution is 2.34. The highest BCUT2D eigenvalue weighted by molar-refractivity contribution is 5.99. The van der Waals surface area contributed by atoms with Gasteiger partial charge in [-0.3, -0.25) is 9.69 Å². The molecule has 1 amide bonds. The van der Waals surface area contributed by atoms with Gasteiger partial charge < -0.3 is 10.6 Å². The van der Waals surface area contributed by atoms with Crippen LogP contribution in [0, 0.1) is 0 Å². The van der Waals surface area contributed by atoms with Gasteiger partial charge in [0, 0.05) is 36.8 Å². The van der Waals surface area contributed by atoms with E-state index in [2.05, 4.69) is 48.2 Å². The number of rotatable bonds is 3. The van der Waals surface area contributed by atoms with Gasteiger partial charge in [0.1, 0.15) is 0 Å². The number of fused-ring (bicyclic) bond motifs is 1. The van der Waals surface area contributed by atoms with E-state index in [0.29, 0.717) is 0 Å². The fraction of sp³-hybridized carbons (Fsp3) is 0.409. The molecule has 0 aromatic heterocycles. The van der Waals surface area contributed by atoms with Crippen LogP contribution in [0.4, 0.5) is 5.69 Å². The van der Waals surface area contributed by atoms with Crippen molar-refractivity contribution in [1.82, 2.24) is 4.90 Å². The Balaban J connectivity index is 0.00000210. The van der Waals surface area contributed by atoms with Gasteiger partial charge in [0.05, 0.1) is 6.04 Å². The predicted molar refractivity (Wildman–Crippen MR) is 113 cm³/mol. The zero-order valence-electron chi connectivity index (χ0n) is 15.9. The average Bonchev–Trinajstić information content (AvgIpc) is 3.20. The summed E-state index contributed by atoms with van der Waals surface area (Å²) in [7, 11) is 0. The van der Waals surface area contributed by atoms with E-state index in [1.807, 2.05) is 30.0 Å². The lowest BCUT2D eigenvalue weighted by molar-refractivity contribution is -0.123. The van der Waals surface area contributed by atoms with Crippen LogP contribution < -0.4 is 10.6 Å². The summed E-state index contributed by atoms with van der Waals surface area (Å²) in [5.74, 6) is 0.470. The summed E-state index contributed by atoms with van der Waals surface area (Å²) < 4.78 is 0. The number of anilines is 1. The van der Waals surface area contributed by atoms with Crippen LogP contribution in [0.3, 0.4) is 0 Å². The van der Waals surface area contributed by atoms with Gasteiger partial charge in [-0.25, -0.2) is 0 Å². The van der Waals surface area contributed by atoms with E-state index in [4.69, 9.17) is 5.73 Å². The average molecular weight is 386 g/mol. The molecule has 2 aliphatic heterocycles. The molecule has 4 rings (SSSR count). The number of halogens is 1. The van der Waals surface area contributed by atoms with Crippen molar-refractivity contribution in [2.75, 3.05) is 18.0 Å². The first-order valence-electron chi connectivity index (χ1n) is 9.52. The van der Waals surface area contributed by atoms with Crippen LogP contribution in [0.25, 0.3) is 0 Å². The van der Waals surface area contributed by atoms with Gasteiger partial charge in [-0.05, 0) is 37.5 Å². The largest absolute Gasteiger partial charge is 0.326 e. The lowest BCUT2D eigenvalue weighted by Crippen LogP contribution is -2.49. The maximum Gasteiger partial charge on any atom is 0.244 e. The summed E-state index contributed by atoms with van der Waals surface area (Å²) in [5, 5.41) is 0. The van der Waals surface area contributed by atoms with Crippen molar-refractivity contribution in [2.24, 2.45) is 5.73 Å². The molecular formula is C22H28ClN3O. The van der Waals surface area contributed by atoms with Crippen LogP contribution in [-0.4, -0.2) is 42.0 Å². The van der Waals surface area contributed by atoms with E-state index < -0.39 is 0 Å². The summed E-state index contributed by atoms with van der Waals surface area (Å²) >= 11 is 0. The third-order valence-electron chi connectivity index (χ3n) is 5.97. The van der Waals surface area contributed by atoms with Crippen molar-refractivity contribution in [2.45, 2.75) is 44.3 Å². The fourth-order valence-electron chi connectivity index (χ4n) is 4.49. The first-order chi connectivity index (χ1) is 12.6. The molecule has 4 atom stereocenters. The standard InChI is InChI=1S/C22H27N3O.ClH/c1-15-12-18-10-6-7-11-21(18)25(15)22(26)16(2)24-13-19(20(23)14-24)17-8-4-3-5-9-17;/h3-11,15-16,19-20H,12-14,23H2,1-2H3;1H/t15?,16?,19-,20+;/m0./s1. The molecule has 2 N–H and O–H groups in total. The number of para-hydroxylation sites is 1. The summed E-state index contributed by atoms with van der Waals surface area (Å²) in [5.41, 5.74) is 10.0. The Kier molecular flexibility index (Phi) is 5.89. The molecule has 0 spiro atoms. The van der Waals surface area contributed by atoms with E-state index in [9.17, 15) is 4.79 Å². The van der Waals surface area contributed by atoms with Crippen molar-refractivity contribution in [1.29, 1.82) is 0 Å². The summed E-state index contributed by atoms with van der Waals surface area (Å²) in [6, 6.07) is 18.8. The molecule has 2 aromatic carbocycles. The van der Waals surface area contributed by atoms with Crippen molar-refractivity contribution in [3.05, 3.63) is 65.7 Å². The third kappa shape index (κ3) is 3.62. The highest BCUT2D eigenvalue weighted by atomic mass is 35.5. The summed E-state index contributed by atoms with van der Waals surface area (Å²) in [4.78, 5) is 17.5. The van der Waals surface area contributed by atoms with E-state index in [-0.39, 0.29) is 42.4 Å². The van der Waals surface area contributed by atoms with Crippen molar-refractivity contribution < 1.29 is 4.79 Å². The van der Waals surface area contributed by atoms with Crippen LogP contribution in [0.5, 0.6) is 0 Å². The molecule has 4 nitrogen and oxygen atoms in total. The summed E-state index contributed by atoms with van der Waals surface area (Å²) in [6.45, 7) is 5.75. The molecule has 2 aromatic rings. The molecule has 5 heteroatoms. The van der Waals surface area contributed by atoms with Gasteiger partial charge >= 0.3 is 0 Å². The molecule has 27 heavy (non-hydrogen) atoms. The number of carbonyl (C=O) groups is 1.